The average Bonchev–Trinajstić information content (AvgIpc) is 2.31. The lowest BCUT2D eigenvalue weighted by Crippen LogP contribution is -2.21. The number of halogens is 1. The second kappa shape index (κ2) is 7.00. The maximum Gasteiger partial charge on any atom is 0.152 e. The predicted molar refractivity (Wildman–Crippen MR) is 78.1 cm³/mol. The van der Waals surface area contributed by atoms with Crippen LogP contribution in [0.1, 0.15) is 20.3 Å². The van der Waals surface area contributed by atoms with Crippen molar-refractivity contribution in [2.45, 2.75) is 20.3 Å². The van der Waals surface area contributed by atoms with Crippen LogP contribution in [0.15, 0.2) is 24.3 Å². The molecule has 0 spiro atoms. The molecular weight excluding hydrogens is 270 g/mol. The van der Waals surface area contributed by atoms with Gasteiger partial charge in [0.2, 0.25) is 0 Å². The second-order valence-corrected chi connectivity index (χ2v) is 7.23. The summed E-state index contributed by atoms with van der Waals surface area (Å²) < 4.78 is 23.6. The number of benzene rings is 1. The Kier molecular flexibility index (Phi) is 5.96. The average molecular weight is 290 g/mol. The van der Waals surface area contributed by atoms with Crippen molar-refractivity contribution in [2.75, 3.05) is 23.4 Å². The summed E-state index contributed by atoms with van der Waals surface area (Å²) in [6, 6.07) is 7.22. The molecule has 1 N–H and O–H groups in total. The zero-order chi connectivity index (χ0) is 13.6. The molecule has 1 atom stereocenters. The van der Waals surface area contributed by atoms with Crippen molar-refractivity contribution in [2.24, 2.45) is 5.92 Å². The third-order valence-corrected chi connectivity index (χ3v) is 4.98. The molecule has 102 valence electrons. The fourth-order valence-electron chi connectivity index (χ4n) is 1.55. The van der Waals surface area contributed by atoms with Crippen molar-refractivity contribution < 1.29 is 8.42 Å². The summed E-state index contributed by atoms with van der Waals surface area (Å²) in [4.78, 5) is 0. The zero-order valence-electron chi connectivity index (χ0n) is 10.8. The Hall–Kier alpha value is -0.740. The van der Waals surface area contributed by atoms with Crippen LogP contribution in [0.3, 0.4) is 0 Å². The van der Waals surface area contributed by atoms with Crippen molar-refractivity contribution in [1.82, 2.24) is 0 Å². The normalized spacial score (nSPS) is 13.3. The molecule has 0 heterocycles. The van der Waals surface area contributed by atoms with E-state index in [0.717, 1.165) is 12.1 Å². The van der Waals surface area contributed by atoms with Crippen LogP contribution in [0.25, 0.3) is 0 Å². The van der Waals surface area contributed by atoms with Crippen LogP contribution in [-0.4, -0.2) is 26.5 Å². The van der Waals surface area contributed by atoms with Crippen LogP contribution in [0.4, 0.5) is 5.69 Å². The third kappa shape index (κ3) is 5.74. The highest BCUT2D eigenvalue weighted by molar-refractivity contribution is 7.91. The first kappa shape index (κ1) is 15.3. The molecule has 0 aliphatic carbocycles. The first-order valence-corrected chi connectivity index (χ1v) is 8.32. The number of hydrogen-bond acceptors (Lipinski definition) is 3. The van der Waals surface area contributed by atoms with E-state index in [1.54, 1.807) is 12.1 Å². The van der Waals surface area contributed by atoms with Gasteiger partial charge in [-0.15, -0.1) is 0 Å². The van der Waals surface area contributed by atoms with Crippen LogP contribution in [0.5, 0.6) is 0 Å². The van der Waals surface area contributed by atoms with E-state index in [4.69, 9.17) is 11.6 Å². The first-order valence-electron chi connectivity index (χ1n) is 6.13. The Morgan fingerprint density at radius 2 is 1.89 bits per heavy atom. The Balaban J connectivity index is 2.39. The first-order chi connectivity index (χ1) is 8.43. The molecule has 3 nitrogen and oxygen atoms in total. The maximum atomic E-state index is 11.8. The van der Waals surface area contributed by atoms with Gasteiger partial charge in [0, 0.05) is 17.3 Å². The van der Waals surface area contributed by atoms with Gasteiger partial charge in [0.25, 0.3) is 0 Å². The third-order valence-electron chi connectivity index (χ3n) is 2.82. The second-order valence-electron chi connectivity index (χ2n) is 4.56. The largest absolute Gasteiger partial charge is 0.384 e. The van der Waals surface area contributed by atoms with E-state index in [0.29, 0.717) is 11.6 Å². The summed E-state index contributed by atoms with van der Waals surface area (Å²) in [7, 11) is -2.96. The quantitative estimate of drug-likeness (QED) is 0.838. The molecule has 0 amide bonds. The van der Waals surface area contributed by atoms with E-state index < -0.39 is 9.84 Å². The molecular formula is C13H20ClNO2S. The molecule has 0 aliphatic rings. The van der Waals surface area contributed by atoms with Crippen molar-refractivity contribution in [3.05, 3.63) is 29.3 Å². The monoisotopic (exact) mass is 289 g/mol. The van der Waals surface area contributed by atoms with E-state index in [9.17, 15) is 8.42 Å². The smallest absolute Gasteiger partial charge is 0.152 e. The summed E-state index contributed by atoms with van der Waals surface area (Å²) in [6.07, 6.45) is 0.893. The van der Waals surface area contributed by atoms with E-state index in [-0.39, 0.29) is 17.4 Å². The van der Waals surface area contributed by atoms with Gasteiger partial charge in [-0.05, 0) is 30.2 Å². The van der Waals surface area contributed by atoms with Gasteiger partial charge in [0.15, 0.2) is 9.84 Å². The molecule has 1 aromatic rings. The van der Waals surface area contributed by atoms with Crippen molar-refractivity contribution in [1.29, 1.82) is 0 Å². The number of hydrogen-bond donors (Lipinski definition) is 1. The fraction of sp³-hybridized carbons (Fsp3) is 0.538. The molecule has 0 aromatic heterocycles. The topological polar surface area (TPSA) is 46.2 Å². The Labute approximate surface area is 114 Å². The Morgan fingerprint density at radius 3 is 2.44 bits per heavy atom. The highest BCUT2D eigenvalue weighted by Crippen LogP contribution is 2.13. The lowest BCUT2D eigenvalue weighted by molar-refractivity contribution is 0.564. The molecule has 0 fully saturated rings. The summed E-state index contributed by atoms with van der Waals surface area (Å²) in [5.74, 6) is 0.664. The molecule has 1 aromatic carbocycles. The van der Waals surface area contributed by atoms with Crippen molar-refractivity contribution >= 4 is 27.1 Å². The van der Waals surface area contributed by atoms with Crippen LogP contribution in [-0.2, 0) is 9.84 Å². The molecule has 5 heteroatoms. The van der Waals surface area contributed by atoms with E-state index >= 15 is 0 Å². The zero-order valence-corrected chi connectivity index (χ0v) is 12.4. The fourth-order valence-corrected chi connectivity index (χ4v) is 3.36. The van der Waals surface area contributed by atoms with Crippen LogP contribution in [0, 0.1) is 5.92 Å². The molecule has 1 rings (SSSR count). The summed E-state index contributed by atoms with van der Waals surface area (Å²) in [5.41, 5.74) is 0.887. The summed E-state index contributed by atoms with van der Waals surface area (Å²) in [5, 5.41) is 3.75. The minimum absolute atomic E-state index is 0.167. The lowest BCUT2D eigenvalue weighted by Gasteiger charge is -2.10. The Bertz CT molecular complexity index is 456. The predicted octanol–water partition coefficient (Wildman–Crippen LogP) is 3.21. The van der Waals surface area contributed by atoms with Gasteiger partial charge in [0.05, 0.1) is 11.5 Å². The molecule has 0 aliphatic heterocycles. The summed E-state index contributed by atoms with van der Waals surface area (Å²) >= 11 is 5.77. The molecule has 0 saturated heterocycles. The van der Waals surface area contributed by atoms with Gasteiger partial charge in [-0.3, -0.25) is 0 Å². The van der Waals surface area contributed by atoms with Crippen molar-refractivity contribution in [3.8, 4) is 0 Å². The van der Waals surface area contributed by atoms with Crippen LogP contribution in [0.2, 0.25) is 5.02 Å². The van der Waals surface area contributed by atoms with Crippen LogP contribution >= 0.6 is 11.6 Å². The summed E-state index contributed by atoms with van der Waals surface area (Å²) in [6.45, 7) is 4.40. The number of nitrogens with one attached hydrogen (secondary N) is 1. The number of anilines is 1. The molecule has 0 saturated carbocycles. The highest BCUT2D eigenvalue weighted by Gasteiger charge is 2.14. The van der Waals surface area contributed by atoms with E-state index in [1.807, 2.05) is 26.0 Å². The molecule has 1 unspecified atom stereocenters. The van der Waals surface area contributed by atoms with Crippen molar-refractivity contribution in [3.63, 3.8) is 0 Å². The molecule has 0 radical (unpaired) electrons. The number of rotatable bonds is 7. The van der Waals surface area contributed by atoms with E-state index in [1.165, 1.54) is 0 Å². The van der Waals surface area contributed by atoms with Gasteiger partial charge in [0.1, 0.15) is 0 Å². The number of sulfone groups is 1. The minimum Gasteiger partial charge on any atom is -0.384 e. The van der Waals surface area contributed by atoms with E-state index in [2.05, 4.69) is 5.32 Å². The Morgan fingerprint density at radius 1 is 1.28 bits per heavy atom. The standard InChI is InChI=1S/C13H20ClNO2S/c1-3-11(2)10-18(16,17)9-8-15-13-6-4-12(14)5-7-13/h4-7,11,15H,3,8-10H2,1-2H3. The van der Waals surface area contributed by atoms with Gasteiger partial charge in [-0.2, -0.15) is 0 Å². The SMILES string of the molecule is CCC(C)CS(=O)(=O)CCNc1ccc(Cl)cc1. The van der Waals surface area contributed by atoms with Gasteiger partial charge < -0.3 is 5.32 Å². The maximum absolute atomic E-state index is 11.8. The molecule has 18 heavy (non-hydrogen) atoms. The van der Waals surface area contributed by atoms with Gasteiger partial charge in [-0.25, -0.2) is 8.42 Å². The van der Waals surface area contributed by atoms with Gasteiger partial charge >= 0.3 is 0 Å². The van der Waals surface area contributed by atoms with Gasteiger partial charge in [-0.1, -0.05) is 31.9 Å². The lowest BCUT2D eigenvalue weighted by atomic mass is 10.2. The molecule has 0 bridgehead atoms. The van der Waals surface area contributed by atoms with Crippen LogP contribution < -0.4 is 5.32 Å². The highest BCUT2D eigenvalue weighted by atomic mass is 35.5. The minimum atomic E-state index is -2.96.